The zero-order chi connectivity index (χ0) is 17.8. The number of nitrogens with zero attached hydrogens (tertiary/aromatic N) is 5. The number of nitrogens with two attached hydrogens (primary N) is 1. The standard InChI is InChI=1S/C14H13ClN8O2/c1-23-7-9(6-17-23)19-14-20-12(11(15)21-22-14)18-8-3-2-4-10(5-8)25-13(16)24/h2-7H,1H3,(H2,16,24)(H2,18,19,20,22). The molecule has 1 amide bonds. The van der Waals surface area contributed by atoms with Gasteiger partial charge in [-0.3, -0.25) is 4.68 Å². The minimum atomic E-state index is -0.901. The molecule has 0 spiro atoms. The van der Waals surface area contributed by atoms with Gasteiger partial charge in [0.25, 0.3) is 0 Å². The van der Waals surface area contributed by atoms with E-state index in [1.807, 2.05) is 0 Å². The summed E-state index contributed by atoms with van der Waals surface area (Å²) < 4.78 is 6.46. The van der Waals surface area contributed by atoms with Crippen LogP contribution < -0.4 is 21.1 Å². The van der Waals surface area contributed by atoms with Gasteiger partial charge in [-0.15, -0.1) is 10.2 Å². The predicted octanol–water partition coefficient (Wildman–Crippen LogP) is 2.20. The molecule has 0 fully saturated rings. The van der Waals surface area contributed by atoms with Crippen molar-refractivity contribution in [3.63, 3.8) is 0 Å². The summed E-state index contributed by atoms with van der Waals surface area (Å²) >= 11 is 6.03. The van der Waals surface area contributed by atoms with Crippen LogP contribution in [0.3, 0.4) is 0 Å². The molecule has 25 heavy (non-hydrogen) atoms. The van der Waals surface area contributed by atoms with Crippen LogP contribution in [0.4, 0.5) is 27.9 Å². The summed E-state index contributed by atoms with van der Waals surface area (Å²) in [6, 6.07) is 6.57. The Morgan fingerprint density at radius 2 is 2.12 bits per heavy atom. The first-order chi connectivity index (χ1) is 12.0. The number of rotatable bonds is 5. The van der Waals surface area contributed by atoms with E-state index in [1.165, 1.54) is 0 Å². The van der Waals surface area contributed by atoms with Crippen molar-refractivity contribution >= 4 is 40.8 Å². The van der Waals surface area contributed by atoms with Crippen molar-refractivity contribution in [2.45, 2.75) is 0 Å². The number of benzene rings is 1. The minimum absolute atomic E-state index is 0.0814. The van der Waals surface area contributed by atoms with Gasteiger partial charge in [0.15, 0.2) is 11.0 Å². The fourth-order valence-corrected chi connectivity index (χ4v) is 2.08. The molecule has 0 radical (unpaired) electrons. The second kappa shape index (κ2) is 7.01. The number of hydrogen-bond acceptors (Lipinski definition) is 8. The molecule has 0 aliphatic carbocycles. The smallest absolute Gasteiger partial charge is 0.409 e. The number of ether oxygens (including phenoxy) is 1. The maximum atomic E-state index is 10.8. The van der Waals surface area contributed by atoms with Crippen LogP contribution >= 0.6 is 11.6 Å². The Morgan fingerprint density at radius 1 is 1.28 bits per heavy atom. The number of hydrogen-bond donors (Lipinski definition) is 3. The summed E-state index contributed by atoms with van der Waals surface area (Å²) in [6.07, 6.45) is 2.48. The summed E-state index contributed by atoms with van der Waals surface area (Å²) in [4.78, 5) is 15.1. The van der Waals surface area contributed by atoms with Gasteiger partial charge in [0, 0.05) is 25.0 Å². The minimum Gasteiger partial charge on any atom is -0.410 e. The van der Waals surface area contributed by atoms with Crippen LogP contribution in [0.15, 0.2) is 36.7 Å². The van der Waals surface area contributed by atoms with Crippen molar-refractivity contribution in [3.8, 4) is 5.75 Å². The highest BCUT2D eigenvalue weighted by molar-refractivity contribution is 6.31. The maximum Gasteiger partial charge on any atom is 0.409 e. The van der Waals surface area contributed by atoms with E-state index in [4.69, 9.17) is 22.1 Å². The maximum absolute atomic E-state index is 10.8. The van der Waals surface area contributed by atoms with Crippen LogP contribution in [0.25, 0.3) is 0 Å². The molecule has 0 bridgehead atoms. The van der Waals surface area contributed by atoms with Gasteiger partial charge < -0.3 is 21.1 Å². The van der Waals surface area contributed by atoms with Gasteiger partial charge in [-0.05, 0) is 12.1 Å². The quantitative estimate of drug-likeness (QED) is 0.630. The van der Waals surface area contributed by atoms with Crippen LogP contribution in [0, 0.1) is 0 Å². The Kier molecular flexibility index (Phi) is 4.61. The Bertz CT molecular complexity index is 913. The molecule has 0 aliphatic rings. The average molecular weight is 361 g/mol. The second-order valence-corrected chi connectivity index (χ2v) is 5.23. The van der Waals surface area contributed by atoms with Gasteiger partial charge in [-0.25, -0.2) is 4.79 Å². The number of carbonyl (C=O) groups is 1. The van der Waals surface area contributed by atoms with Crippen molar-refractivity contribution in [3.05, 3.63) is 41.8 Å². The summed E-state index contributed by atoms with van der Waals surface area (Å²) in [5.41, 5.74) is 6.28. The number of amides is 1. The highest BCUT2D eigenvalue weighted by atomic mass is 35.5. The molecule has 0 saturated heterocycles. The topological polar surface area (TPSA) is 133 Å². The Labute approximate surface area is 147 Å². The van der Waals surface area contributed by atoms with E-state index in [9.17, 15) is 4.79 Å². The van der Waals surface area contributed by atoms with Crippen LogP contribution in [0.5, 0.6) is 5.75 Å². The molecule has 0 unspecified atom stereocenters. The highest BCUT2D eigenvalue weighted by Gasteiger charge is 2.09. The number of halogens is 1. The number of aromatic nitrogens is 5. The van der Waals surface area contributed by atoms with Crippen LogP contribution in [0.1, 0.15) is 0 Å². The zero-order valence-electron chi connectivity index (χ0n) is 13.0. The lowest BCUT2D eigenvalue weighted by Gasteiger charge is -2.09. The molecule has 3 aromatic rings. The molecule has 0 aliphatic heterocycles. The van der Waals surface area contributed by atoms with E-state index in [2.05, 4.69) is 30.9 Å². The third-order valence-corrected chi connectivity index (χ3v) is 3.18. The van der Waals surface area contributed by atoms with Gasteiger partial charge in [0.05, 0.1) is 11.9 Å². The van der Waals surface area contributed by atoms with E-state index >= 15 is 0 Å². The first-order valence-electron chi connectivity index (χ1n) is 7.00. The Hall–Kier alpha value is -3.40. The van der Waals surface area contributed by atoms with Crippen molar-refractivity contribution in [2.24, 2.45) is 12.8 Å². The Balaban J connectivity index is 1.80. The van der Waals surface area contributed by atoms with Gasteiger partial charge >= 0.3 is 6.09 Å². The fourth-order valence-electron chi connectivity index (χ4n) is 1.95. The first-order valence-corrected chi connectivity index (χ1v) is 7.37. The summed E-state index contributed by atoms with van der Waals surface area (Å²) in [5, 5.41) is 17.8. The van der Waals surface area contributed by atoms with Gasteiger partial charge in [-0.1, -0.05) is 17.7 Å². The molecule has 11 heteroatoms. The lowest BCUT2D eigenvalue weighted by atomic mass is 10.3. The highest BCUT2D eigenvalue weighted by Crippen LogP contribution is 2.25. The average Bonchev–Trinajstić information content (AvgIpc) is 2.95. The fraction of sp³-hybridized carbons (Fsp3) is 0.0714. The summed E-state index contributed by atoms with van der Waals surface area (Å²) in [5.74, 6) is 0.799. The van der Waals surface area contributed by atoms with E-state index in [0.29, 0.717) is 11.4 Å². The third-order valence-electron chi connectivity index (χ3n) is 2.92. The Morgan fingerprint density at radius 3 is 2.84 bits per heavy atom. The van der Waals surface area contributed by atoms with Crippen LogP contribution in [0.2, 0.25) is 5.15 Å². The zero-order valence-corrected chi connectivity index (χ0v) is 13.7. The molecular weight excluding hydrogens is 348 g/mol. The van der Waals surface area contributed by atoms with Crippen molar-refractivity contribution in [2.75, 3.05) is 10.6 Å². The molecule has 1 aromatic carbocycles. The van der Waals surface area contributed by atoms with Gasteiger partial charge in [0.1, 0.15) is 5.75 Å². The van der Waals surface area contributed by atoms with Crippen LogP contribution in [-0.2, 0) is 7.05 Å². The second-order valence-electron chi connectivity index (χ2n) is 4.88. The SMILES string of the molecule is Cn1cc(Nc2nnc(Cl)c(Nc3cccc(OC(N)=O)c3)n2)cn1. The summed E-state index contributed by atoms with van der Waals surface area (Å²) in [7, 11) is 1.79. The first kappa shape index (κ1) is 16.5. The molecule has 0 saturated carbocycles. The summed E-state index contributed by atoms with van der Waals surface area (Å²) in [6.45, 7) is 0. The molecule has 128 valence electrons. The van der Waals surface area contributed by atoms with Crippen molar-refractivity contribution < 1.29 is 9.53 Å². The van der Waals surface area contributed by atoms with Crippen molar-refractivity contribution in [1.29, 1.82) is 0 Å². The molecule has 0 atom stereocenters. The molecule has 4 N–H and O–H groups in total. The molecule has 2 heterocycles. The van der Waals surface area contributed by atoms with E-state index < -0.39 is 6.09 Å². The third kappa shape index (κ3) is 4.32. The number of anilines is 4. The van der Waals surface area contributed by atoms with E-state index in [0.717, 1.165) is 0 Å². The number of carbonyl (C=O) groups excluding carboxylic acids is 1. The number of primary amides is 1. The lowest BCUT2D eigenvalue weighted by molar-refractivity contribution is 0.211. The molecule has 2 aromatic heterocycles. The lowest BCUT2D eigenvalue weighted by Crippen LogP contribution is -2.16. The number of nitrogens with one attached hydrogen (secondary N) is 2. The van der Waals surface area contributed by atoms with E-state index in [-0.39, 0.29) is 22.7 Å². The van der Waals surface area contributed by atoms with Gasteiger partial charge in [-0.2, -0.15) is 10.1 Å². The monoisotopic (exact) mass is 360 g/mol. The molecular formula is C14H13ClN8O2. The molecule has 3 rings (SSSR count). The van der Waals surface area contributed by atoms with Crippen molar-refractivity contribution in [1.82, 2.24) is 25.0 Å². The van der Waals surface area contributed by atoms with Crippen LogP contribution in [-0.4, -0.2) is 31.1 Å². The van der Waals surface area contributed by atoms with E-state index in [1.54, 1.807) is 48.4 Å². The number of aryl methyl sites for hydroxylation is 1. The molecule has 10 nitrogen and oxygen atoms in total. The normalized spacial score (nSPS) is 10.3. The predicted molar refractivity (Wildman–Crippen MR) is 91.3 cm³/mol. The van der Waals surface area contributed by atoms with Gasteiger partial charge in [0.2, 0.25) is 5.95 Å². The largest absolute Gasteiger partial charge is 0.410 e.